The zero-order valence-electron chi connectivity index (χ0n) is 13.2. The molecule has 0 atom stereocenters. The zero-order chi connectivity index (χ0) is 19.0. The summed E-state index contributed by atoms with van der Waals surface area (Å²) in [5.74, 6) is -2.23. The highest BCUT2D eigenvalue weighted by Gasteiger charge is 2.23. The van der Waals surface area contributed by atoms with Gasteiger partial charge in [-0.15, -0.1) is 0 Å². The number of nitrogen functional groups attached to an aromatic ring is 1. The summed E-state index contributed by atoms with van der Waals surface area (Å²) in [5, 5.41) is 30.6. The van der Waals surface area contributed by atoms with E-state index >= 15 is 0 Å². The minimum absolute atomic E-state index is 0.00847. The van der Waals surface area contributed by atoms with E-state index < -0.39 is 22.3 Å². The van der Waals surface area contributed by atoms with E-state index in [0.29, 0.717) is 5.56 Å². The number of anilines is 1. The summed E-state index contributed by atoms with van der Waals surface area (Å²) in [4.78, 5) is 34.1. The maximum Gasteiger partial charge on any atom is 0.343 e. The van der Waals surface area contributed by atoms with E-state index in [-0.39, 0.29) is 33.3 Å². The molecule has 132 valence electrons. The lowest BCUT2D eigenvalue weighted by molar-refractivity contribution is -0.384. The van der Waals surface area contributed by atoms with Crippen LogP contribution < -0.4 is 5.73 Å². The Morgan fingerprint density at radius 3 is 2.65 bits per heavy atom. The Bertz CT molecular complexity index is 1070. The summed E-state index contributed by atoms with van der Waals surface area (Å²) in [7, 11) is 0. The number of fused-ring (bicyclic) bond motifs is 1. The number of aromatic carboxylic acids is 1. The average Bonchev–Trinajstić information content (AvgIpc) is 2.60. The van der Waals surface area contributed by atoms with Crippen molar-refractivity contribution >= 4 is 40.1 Å². The number of carbonyl (C=O) groups is 1. The van der Waals surface area contributed by atoms with E-state index in [1.54, 1.807) is 12.3 Å². The molecule has 0 aliphatic rings. The molecule has 2 aromatic heterocycles. The van der Waals surface area contributed by atoms with Gasteiger partial charge in [0.25, 0.3) is 5.69 Å². The molecule has 0 bridgehead atoms. The third kappa shape index (κ3) is 2.84. The van der Waals surface area contributed by atoms with E-state index in [1.165, 1.54) is 30.0 Å². The van der Waals surface area contributed by atoms with Gasteiger partial charge in [0.15, 0.2) is 10.8 Å². The molecule has 4 N–H and O–H groups in total. The predicted octanol–water partition coefficient (Wildman–Crippen LogP) is 2.31. The SMILES string of the molecule is CSc1nc(-c2cccc([N+](=O)[O-])c2)c2c(N)c(C(=O)O)c(O)nc2n1. The standard InChI is InChI=1S/C15H11N5O5S/c1-26-15-17-11(6-3-2-4-7(5-6)20(24)25)8-10(16)9(14(22)23)13(21)18-12(8)19-15/h2-5H,1H3,(H,22,23)(H3,16,17,18,19,21). The van der Waals surface area contributed by atoms with E-state index in [4.69, 9.17) is 5.73 Å². The summed E-state index contributed by atoms with van der Waals surface area (Å²) < 4.78 is 0. The first-order valence-corrected chi connectivity index (χ1v) is 8.28. The highest BCUT2D eigenvalue weighted by atomic mass is 32.2. The monoisotopic (exact) mass is 373 g/mol. The smallest absolute Gasteiger partial charge is 0.343 e. The van der Waals surface area contributed by atoms with Gasteiger partial charge >= 0.3 is 5.97 Å². The van der Waals surface area contributed by atoms with Gasteiger partial charge in [-0.1, -0.05) is 23.9 Å². The molecule has 11 heteroatoms. The Labute approximate surface area is 149 Å². The fourth-order valence-corrected chi connectivity index (χ4v) is 2.80. The second-order valence-electron chi connectivity index (χ2n) is 5.09. The first-order valence-electron chi connectivity index (χ1n) is 7.05. The number of carboxylic acids is 1. The number of nitrogens with zero attached hydrogens (tertiary/aromatic N) is 4. The highest BCUT2D eigenvalue weighted by molar-refractivity contribution is 7.98. The number of nitrogens with two attached hydrogens (primary N) is 1. The molecule has 0 radical (unpaired) electrons. The number of nitro benzene ring substituents is 1. The maximum absolute atomic E-state index is 11.4. The summed E-state index contributed by atoms with van der Waals surface area (Å²) >= 11 is 1.19. The molecule has 3 rings (SSSR count). The van der Waals surface area contributed by atoms with E-state index in [9.17, 15) is 25.1 Å². The maximum atomic E-state index is 11.4. The summed E-state index contributed by atoms with van der Waals surface area (Å²) in [6.45, 7) is 0. The predicted molar refractivity (Wildman–Crippen MR) is 94.2 cm³/mol. The first-order chi connectivity index (χ1) is 12.3. The van der Waals surface area contributed by atoms with Crippen molar-refractivity contribution in [2.45, 2.75) is 5.16 Å². The molecule has 2 heterocycles. The lowest BCUT2D eigenvalue weighted by Crippen LogP contribution is -2.07. The molecule has 0 spiro atoms. The first kappa shape index (κ1) is 17.4. The minimum atomic E-state index is -1.46. The van der Waals surface area contributed by atoms with E-state index in [0.717, 1.165) is 0 Å². The third-order valence-corrected chi connectivity index (χ3v) is 4.12. The third-order valence-electron chi connectivity index (χ3n) is 3.57. The van der Waals surface area contributed by atoms with Gasteiger partial charge in [-0.2, -0.15) is 4.98 Å². The number of benzene rings is 1. The number of hydrogen-bond acceptors (Lipinski definition) is 9. The number of rotatable bonds is 4. The van der Waals surface area contributed by atoms with Gasteiger partial charge in [0.05, 0.1) is 21.7 Å². The number of aromatic hydroxyl groups is 1. The Hall–Kier alpha value is -3.47. The van der Waals surface area contributed by atoms with Crippen molar-refractivity contribution in [1.82, 2.24) is 15.0 Å². The fourth-order valence-electron chi connectivity index (χ4n) is 2.44. The van der Waals surface area contributed by atoms with E-state index in [2.05, 4.69) is 15.0 Å². The molecule has 3 aromatic rings. The molecule has 0 saturated carbocycles. The van der Waals surface area contributed by atoms with Gasteiger partial charge in [0, 0.05) is 17.7 Å². The lowest BCUT2D eigenvalue weighted by Gasteiger charge is -2.12. The number of pyridine rings is 1. The van der Waals surface area contributed by atoms with Crippen LogP contribution in [0.3, 0.4) is 0 Å². The minimum Gasteiger partial charge on any atom is -0.493 e. The van der Waals surface area contributed by atoms with Gasteiger partial charge in [0.1, 0.15) is 5.56 Å². The number of nitro groups is 1. The van der Waals surface area contributed by atoms with Crippen LogP contribution in [0.1, 0.15) is 10.4 Å². The average molecular weight is 373 g/mol. The molecule has 26 heavy (non-hydrogen) atoms. The van der Waals surface area contributed by atoms with Gasteiger partial charge < -0.3 is 15.9 Å². The Morgan fingerprint density at radius 2 is 2.04 bits per heavy atom. The molecular weight excluding hydrogens is 362 g/mol. The van der Waals surface area contributed by atoms with Crippen LogP contribution >= 0.6 is 11.8 Å². The molecular formula is C15H11N5O5S. The number of aromatic nitrogens is 3. The quantitative estimate of drug-likeness (QED) is 0.267. The van der Waals surface area contributed by atoms with Crippen LogP contribution in [0.2, 0.25) is 0 Å². The van der Waals surface area contributed by atoms with Crippen LogP contribution in [-0.2, 0) is 0 Å². The Morgan fingerprint density at radius 1 is 1.31 bits per heavy atom. The molecule has 1 aromatic carbocycles. The van der Waals surface area contributed by atoms with Crippen LogP contribution in [0.4, 0.5) is 11.4 Å². The largest absolute Gasteiger partial charge is 0.493 e. The summed E-state index contributed by atoms with van der Waals surface area (Å²) in [5.41, 5.74) is 5.46. The second kappa shape index (κ2) is 6.44. The molecule has 10 nitrogen and oxygen atoms in total. The van der Waals surface area contributed by atoms with Crippen molar-refractivity contribution in [2.75, 3.05) is 12.0 Å². The van der Waals surface area contributed by atoms with Crippen molar-refractivity contribution in [3.8, 4) is 17.1 Å². The number of thioether (sulfide) groups is 1. The van der Waals surface area contributed by atoms with Crippen LogP contribution in [0.5, 0.6) is 5.88 Å². The van der Waals surface area contributed by atoms with Gasteiger partial charge in [-0.05, 0) is 6.26 Å². The molecule has 0 unspecified atom stereocenters. The summed E-state index contributed by atoms with van der Waals surface area (Å²) in [6.07, 6.45) is 1.72. The molecule has 0 aliphatic carbocycles. The van der Waals surface area contributed by atoms with Crippen LogP contribution in [-0.4, -0.2) is 42.3 Å². The fraction of sp³-hybridized carbons (Fsp3) is 0.0667. The Balaban J connectivity index is 2.43. The van der Waals surface area contributed by atoms with Crippen LogP contribution in [0.25, 0.3) is 22.3 Å². The second-order valence-corrected chi connectivity index (χ2v) is 5.87. The van der Waals surface area contributed by atoms with Crippen molar-refractivity contribution in [2.24, 2.45) is 0 Å². The van der Waals surface area contributed by atoms with E-state index in [1.807, 2.05) is 0 Å². The van der Waals surface area contributed by atoms with Crippen molar-refractivity contribution in [3.63, 3.8) is 0 Å². The van der Waals surface area contributed by atoms with Crippen molar-refractivity contribution < 1.29 is 19.9 Å². The normalized spacial score (nSPS) is 10.8. The van der Waals surface area contributed by atoms with Crippen molar-refractivity contribution in [1.29, 1.82) is 0 Å². The number of hydrogen-bond donors (Lipinski definition) is 3. The van der Waals surface area contributed by atoms with Gasteiger partial charge in [-0.25, -0.2) is 14.8 Å². The molecule has 0 amide bonds. The van der Waals surface area contributed by atoms with Crippen molar-refractivity contribution in [3.05, 3.63) is 39.9 Å². The highest BCUT2D eigenvalue weighted by Crippen LogP contribution is 2.36. The Kier molecular flexibility index (Phi) is 4.30. The number of carboxylic acid groups (broad SMARTS) is 1. The van der Waals surface area contributed by atoms with Gasteiger partial charge in [0.2, 0.25) is 5.88 Å². The molecule has 0 aliphatic heterocycles. The summed E-state index contributed by atoms with van der Waals surface area (Å²) in [6, 6.07) is 5.66. The number of non-ortho nitro benzene ring substituents is 1. The van der Waals surface area contributed by atoms with Gasteiger partial charge in [-0.3, -0.25) is 10.1 Å². The topological polar surface area (TPSA) is 165 Å². The van der Waals surface area contributed by atoms with Crippen LogP contribution in [0.15, 0.2) is 29.4 Å². The molecule has 0 fully saturated rings. The zero-order valence-corrected chi connectivity index (χ0v) is 14.0. The lowest BCUT2D eigenvalue weighted by atomic mass is 10.0. The molecule has 0 saturated heterocycles. The van der Waals surface area contributed by atoms with Crippen LogP contribution in [0, 0.1) is 10.1 Å².